The van der Waals surface area contributed by atoms with Crippen LogP contribution in [-0.2, 0) is 9.47 Å². The number of carbonyl (C=O) groups is 1. The van der Waals surface area contributed by atoms with E-state index in [-0.39, 0.29) is 6.61 Å². The molecule has 4 N–H and O–H groups in total. The minimum absolute atomic E-state index is 0.0330. The first-order valence-electron chi connectivity index (χ1n) is 6.56. The van der Waals surface area contributed by atoms with Crippen LogP contribution in [0, 0.1) is 0 Å². The molecule has 0 amide bonds. The van der Waals surface area contributed by atoms with E-state index < -0.39 is 53.9 Å². The van der Waals surface area contributed by atoms with Crippen LogP contribution in [0.1, 0.15) is 23.5 Å². The first-order valence-corrected chi connectivity index (χ1v) is 6.56. The van der Waals surface area contributed by atoms with E-state index >= 15 is 0 Å². The minimum atomic E-state index is -1.62. The molecule has 4 atom stereocenters. The number of ether oxygens (including phenoxy) is 2. The lowest BCUT2D eigenvalue weighted by molar-refractivity contribution is -0.0566. The minimum Gasteiger partial charge on any atom is -0.462 e. The molecular formula is C12H16N2O8. The second-order valence-corrected chi connectivity index (χ2v) is 4.63. The number of nitrogens with one attached hydrogen (secondary N) is 1. The van der Waals surface area contributed by atoms with Crippen LogP contribution >= 0.6 is 0 Å². The molecule has 0 aliphatic carbocycles. The maximum Gasteiger partial charge on any atom is 0.345 e. The van der Waals surface area contributed by atoms with E-state index in [1.807, 2.05) is 0 Å². The second-order valence-electron chi connectivity index (χ2n) is 4.63. The monoisotopic (exact) mass is 316 g/mol. The van der Waals surface area contributed by atoms with Crippen LogP contribution in [0.2, 0.25) is 0 Å². The third-order valence-electron chi connectivity index (χ3n) is 3.27. The fourth-order valence-electron chi connectivity index (χ4n) is 2.17. The Balaban J connectivity index is 2.48. The zero-order valence-corrected chi connectivity index (χ0v) is 11.6. The van der Waals surface area contributed by atoms with Gasteiger partial charge in [0.15, 0.2) is 6.23 Å². The van der Waals surface area contributed by atoms with Gasteiger partial charge in [-0.1, -0.05) is 0 Å². The molecule has 2 heterocycles. The van der Waals surface area contributed by atoms with Gasteiger partial charge in [-0.05, 0) is 6.92 Å². The molecule has 0 saturated carbocycles. The Hall–Kier alpha value is -2.01. The zero-order valence-electron chi connectivity index (χ0n) is 11.6. The molecule has 1 fully saturated rings. The van der Waals surface area contributed by atoms with E-state index in [0.717, 1.165) is 6.20 Å². The predicted molar refractivity (Wildman–Crippen MR) is 70.3 cm³/mol. The topological polar surface area (TPSA) is 151 Å². The van der Waals surface area contributed by atoms with Crippen LogP contribution < -0.4 is 11.2 Å². The highest BCUT2D eigenvalue weighted by Crippen LogP contribution is 2.27. The number of aliphatic hydroxyl groups excluding tert-OH is 3. The average molecular weight is 316 g/mol. The van der Waals surface area contributed by atoms with Crippen molar-refractivity contribution in [1.29, 1.82) is 0 Å². The number of hydrogen-bond donors (Lipinski definition) is 4. The summed E-state index contributed by atoms with van der Waals surface area (Å²) in [5.74, 6) is -0.941. The van der Waals surface area contributed by atoms with Gasteiger partial charge in [-0.3, -0.25) is 4.79 Å². The summed E-state index contributed by atoms with van der Waals surface area (Å²) >= 11 is 0. The Labute approximate surface area is 123 Å². The quantitative estimate of drug-likeness (QED) is 0.439. The fourth-order valence-corrected chi connectivity index (χ4v) is 2.17. The highest BCUT2D eigenvalue weighted by Gasteiger charge is 2.44. The lowest BCUT2D eigenvalue weighted by Crippen LogP contribution is -2.44. The van der Waals surface area contributed by atoms with Gasteiger partial charge in [0.2, 0.25) is 0 Å². The van der Waals surface area contributed by atoms with Crippen LogP contribution in [0.5, 0.6) is 0 Å². The van der Waals surface area contributed by atoms with Crippen LogP contribution in [0.15, 0.2) is 15.8 Å². The van der Waals surface area contributed by atoms with Crippen molar-refractivity contribution >= 4 is 5.97 Å². The molecule has 122 valence electrons. The molecule has 10 nitrogen and oxygen atoms in total. The van der Waals surface area contributed by atoms with Gasteiger partial charge in [0, 0.05) is 6.20 Å². The van der Waals surface area contributed by atoms with Crippen molar-refractivity contribution in [2.75, 3.05) is 13.2 Å². The van der Waals surface area contributed by atoms with Crippen molar-refractivity contribution in [1.82, 2.24) is 9.55 Å². The van der Waals surface area contributed by atoms with E-state index in [1.54, 1.807) is 6.92 Å². The normalized spacial score (nSPS) is 27.8. The summed E-state index contributed by atoms with van der Waals surface area (Å²) in [5.41, 5.74) is -2.41. The largest absolute Gasteiger partial charge is 0.462 e. The summed E-state index contributed by atoms with van der Waals surface area (Å²) in [6.07, 6.45) is -4.88. The lowest BCUT2D eigenvalue weighted by atomic mass is 10.1. The number of nitrogens with zero attached hydrogens (tertiary/aromatic N) is 1. The first-order chi connectivity index (χ1) is 10.4. The van der Waals surface area contributed by atoms with E-state index in [1.165, 1.54) is 0 Å². The Morgan fingerprint density at radius 3 is 2.64 bits per heavy atom. The summed E-state index contributed by atoms with van der Waals surface area (Å²) < 4.78 is 10.3. The van der Waals surface area contributed by atoms with Crippen molar-refractivity contribution in [3.05, 3.63) is 32.6 Å². The Morgan fingerprint density at radius 1 is 1.41 bits per heavy atom. The van der Waals surface area contributed by atoms with Gasteiger partial charge in [-0.25, -0.2) is 14.2 Å². The zero-order chi connectivity index (χ0) is 16.4. The van der Waals surface area contributed by atoms with Gasteiger partial charge in [-0.15, -0.1) is 0 Å². The Bertz CT molecular complexity index is 666. The summed E-state index contributed by atoms with van der Waals surface area (Å²) in [7, 11) is 0. The molecule has 0 bridgehead atoms. The van der Waals surface area contributed by atoms with Crippen LogP contribution in [0.3, 0.4) is 0 Å². The molecular weight excluding hydrogens is 300 g/mol. The van der Waals surface area contributed by atoms with Gasteiger partial charge in [0.05, 0.1) is 13.2 Å². The van der Waals surface area contributed by atoms with Crippen LogP contribution in [0.25, 0.3) is 0 Å². The summed E-state index contributed by atoms with van der Waals surface area (Å²) in [4.78, 5) is 37.9. The molecule has 0 spiro atoms. The summed E-state index contributed by atoms with van der Waals surface area (Å²) in [6, 6.07) is 0. The maximum atomic E-state index is 12.2. The van der Waals surface area contributed by atoms with E-state index in [0.29, 0.717) is 4.57 Å². The lowest BCUT2D eigenvalue weighted by Gasteiger charge is -2.16. The molecule has 0 aromatic carbocycles. The highest BCUT2D eigenvalue weighted by molar-refractivity contribution is 5.88. The summed E-state index contributed by atoms with van der Waals surface area (Å²) in [6.45, 7) is 0.971. The first kappa shape index (κ1) is 16.4. The standard InChI is InChI=1S/C12H16N2O8/c1-2-21-11(19)5-3-13-12(20)14(9(5)18)10-8(17)7(16)6(4-15)22-10/h3,6-8,10,15-17H,2,4H2,1H3,(H,13,20)/t6-,7-,8+,10-/m1/s1. The van der Waals surface area contributed by atoms with Gasteiger partial charge >= 0.3 is 11.7 Å². The smallest absolute Gasteiger partial charge is 0.345 e. The number of aliphatic hydroxyl groups is 3. The third-order valence-corrected chi connectivity index (χ3v) is 3.27. The van der Waals surface area contributed by atoms with Gasteiger partial charge < -0.3 is 29.8 Å². The third kappa shape index (κ3) is 2.68. The Morgan fingerprint density at radius 2 is 2.09 bits per heavy atom. The average Bonchev–Trinajstić information content (AvgIpc) is 2.76. The van der Waals surface area contributed by atoms with Crippen LogP contribution in [-0.4, -0.2) is 62.4 Å². The molecule has 1 aliphatic heterocycles. The SMILES string of the molecule is CCOC(=O)c1c[nH]c(=O)n([C@@H]2O[C@H](CO)[C@@H](O)[C@@H]2O)c1=O. The molecule has 1 saturated heterocycles. The number of H-pyrrole nitrogens is 1. The number of hydrogen-bond acceptors (Lipinski definition) is 8. The maximum absolute atomic E-state index is 12.2. The molecule has 2 rings (SSSR count). The molecule has 1 aliphatic rings. The van der Waals surface area contributed by atoms with Gasteiger partial charge in [-0.2, -0.15) is 0 Å². The van der Waals surface area contributed by atoms with Crippen molar-refractivity contribution in [2.45, 2.75) is 31.5 Å². The molecule has 1 aromatic heterocycles. The van der Waals surface area contributed by atoms with E-state index in [9.17, 15) is 24.6 Å². The fraction of sp³-hybridized carbons (Fsp3) is 0.583. The molecule has 0 radical (unpaired) electrons. The Kier molecular flexibility index (Phi) is 4.76. The van der Waals surface area contributed by atoms with Crippen LogP contribution in [0.4, 0.5) is 0 Å². The highest BCUT2D eigenvalue weighted by atomic mass is 16.6. The van der Waals surface area contributed by atoms with Crippen molar-refractivity contribution in [3.8, 4) is 0 Å². The number of carbonyl (C=O) groups excluding carboxylic acids is 1. The number of aromatic nitrogens is 2. The van der Waals surface area contributed by atoms with Crippen molar-refractivity contribution in [3.63, 3.8) is 0 Å². The second kappa shape index (κ2) is 6.40. The predicted octanol–water partition coefficient (Wildman–Crippen LogP) is -2.68. The molecule has 22 heavy (non-hydrogen) atoms. The number of esters is 1. The van der Waals surface area contributed by atoms with Crippen molar-refractivity contribution < 1.29 is 29.6 Å². The van der Waals surface area contributed by atoms with Gasteiger partial charge in [0.1, 0.15) is 23.9 Å². The summed E-state index contributed by atoms with van der Waals surface area (Å²) in [5, 5.41) is 28.6. The number of aromatic amines is 1. The number of rotatable bonds is 4. The molecule has 0 unspecified atom stereocenters. The molecule has 1 aromatic rings. The molecule has 10 heteroatoms. The van der Waals surface area contributed by atoms with E-state index in [4.69, 9.17) is 9.84 Å². The van der Waals surface area contributed by atoms with E-state index in [2.05, 4.69) is 9.72 Å². The van der Waals surface area contributed by atoms with Crippen molar-refractivity contribution in [2.24, 2.45) is 0 Å². The van der Waals surface area contributed by atoms with Gasteiger partial charge in [0.25, 0.3) is 5.56 Å².